The van der Waals surface area contributed by atoms with Crippen LogP contribution in [0.2, 0.25) is 0 Å². The van der Waals surface area contributed by atoms with Crippen LogP contribution < -0.4 is 5.32 Å². The van der Waals surface area contributed by atoms with Crippen LogP contribution in [0, 0.1) is 11.3 Å². The quantitative estimate of drug-likeness (QED) is 0.874. The Morgan fingerprint density at radius 2 is 2.00 bits per heavy atom. The highest BCUT2D eigenvalue weighted by molar-refractivity contribution is 9.10. The first kappa shape index (κ1) is 13.2. The lowest BCUT2D eigenvalue weighted by atomic mass is 9.77. The number of halogens is 1. The van der Waals surface area contributed by atoms with Gasteiger partial charge in [-0.25, -0.2) is 0 Å². The highest BCUT2D eigenvalue weighted by Crippen LogP contribution is 2.38. The van der Waals surface area contributed by atoms with Gasteiger partial charge in [0.15, 0.2) is 5.54 Å². The summed E-state index contributed by atoms with van der Waals surface area (Å²) in [6, 6.07) is 18.8. The molecule has 0 amide bonds. The van der Waals surface area contributed by atoms with Gasteiger partial charge in [0.1, 0.15) is 0 Å². The Kier molecular flexibility index (Phi) is 3.50. The third kappa shape index (κ3) is 2.32. The molecule has 3 heteroatoms. The molecule has 20 heavy (non-hydrogen) atoms. The van der Waals surface area contributed by atoms with E-state index in [1.807, 2.05) is 36.4 Å². The van der Waals surface area contributed by atoms with Crippen molar-refractivity contribution in [3.05, 3.63) is 64.1 Å². The molecule has 1 aliphatic rings. The lowest BCUT2D eigenvalue weighted by molar-refractivity contribution is 0.504. The average molecular weight is 327 g/mol. The second-order valence-electron chi connectivity index (χ2n) is 5.16. The highest BCUT2D eigenvalue weighted by Gasteiger charge is 2.36. The first-order chi connectivity index (χ1) is 9.73. The van der Waals surface area contributed by atoms with Crippen molar-refractivity contribution in [2.75, 3.05) is 5.32 Å². The number of benzene rings is 2. The fourth-order valence-corrected chi connectivity index (χ4v) is 3.32. The number of nitriles is 1. The average Bonchev–Trinajstić information content (AvgIpc) is 2.47. The van der Waals surface area contributed by atoms with Crippen LogP contribution in [0.25, 0.3) is 0 Å². The van der Waals surface area contributed by atoms with Gasteiger partial charge in [-0.3, -0.25) is 0 Å². The van der Waals surface area contributed by atoms with E-state index in [0.29, 0.717) is 0 Å². The Hall–Kier alpha value is -1.79. The van der Waals surface area contributed by atoms with Crippen molar-refractivity contribution in [3.63, 3.8) is 0 Å². The van der Waals surface area contributed by atoms with Crippen molar-refractivity contribution in [3.8, 4) is 6.07 Å². The maximum Gasteiger partial charge on any atom is 0.151 e. The smallest absolute Gasteiger partial charge is 0.151 e. The Morgan fingerprint density at radius 3 is 2.80 bits per heavy atom. The molecule has 1 N–H and O–H groups in total. The minimum absolute atomic E-state index is 0.615. The van der Waals surface area contributed by atoms with Crippen molar-refractivity contribution in [1.29, 1.82) is 5.26 Å². The summed E-state index contributed by atoms with van der Waals surface area (Å²) in [6.07, 6.45) is 2.93. The number of nitrogens with zero attached hydrogens (tertiary/aromatic N) is 1. The molecule has 0 aromatic heterocycles. The second kappa shape index (κ2) is 5.30. The first-order valence-corrected chi connectivity index (χ1v) is 7.56. The predicted octanol–water partition coefficient (Wildman–Crippen LogP) is 4.62. The zero-order chi connectivity index (χ0) is 14.0. The van der Waals surface area contributed by atoms with Gasteiger partial charge in [0.05, 0.1) is 6.07 Å². The second-order valence-corrected chi connectivity index (χ2v) is 6.08. The molecule has 1 atom stereocenters. The largest absolute Gasteiger partial charge is 0.364 e. The molecular formula is C17H15BrN2. The summed E-state index contributed by atoms with van der Waals surface area (Å²) < 4.78 is 1.01. The summed E-state index contributed by atoms with van der Waals surface area (Å²) in [5.74, 6) is 0. The summed E-state index contributed by atoms with van der Waals surface area (Å²) in [4.78, 5) is 0. The summed E-state index contributed by atoms with van der Waals surface area (Å²) in [5.41, 5.74) is 2.75. The Balaban J connectivity index is 2.03. The van der Waals surface area contributed by atoms with Crippen molar-refractivity contribution in [2.45, 2.75) is 24.8 Å². The van der Waals surface area contributed by atoms with Crippen LogP contribution in [-0.4, -0.2) is 0 Å². The third-order valence-electron chi connectivity index (χ3n) is 3.85. The van der Waals surface area contributed by atoms with Gasteiger partial charge < -0.3 is 5.32 Å². The van der Waals surface area contributed by atoms with Crippen molar-refractivity contribution in [2.24, 2.45) is 0 Å². The topological polar surface area (TPSA) is 35.8 Å². The maximum atomic E-state index is 9.79. The van der Waals surface area contributed by atoms with Crippen molar-refractivity contribution < 1.29 is 0 Å². The van der Waals surface area contributed by atoms with E-state index < -0.39 is 5.54 Å². The normalized spacial score (nSPS) is 20.8. The molecule has 2 aromatic carbocycles. The molecule has 0 saturated carbocycles. The standard InChI is InChI=1S/C17H15BrN2/c18-14-7-3-8-15(11-14)20-17(12-19)10-4-6-13-5-1-2-9-16(13)17/h1-3,5,7-9,11,20H,4,6,10H2. The molecule has 2 aromatic rings. The minimum Gasteiger partial charge on any atom is -0.364 e. The molecule has 0 radical (unpaired) electrons. The van der Waals surface area contributed by atoms with Crippen LogP contribution >= 0.6 is 15.9 Å². The van der Waals surface area contributed by atoms with E-state index in [2.05, 4.69) is 39.4 Å². The molecule has 3 rings (SSSR count). The number of nitrogens with one attached hydrogen (secondary N) is 1. The van der Waals surface area contributed by atoms with E-state index in [0.717, 1.165) is 35.0 Å². The van der Waals surface area contributed by atoms with E-state index in [1.165, 1.54) is 5.56 Å². The van der Waals surface area contributed by atoms with Crippen molar-refractivity contribution in [1.82, 2.24) is 0 Å². The van der Waals surface area contributed by atoms with Crippen LogP contribution in [-0.2, 0) is 12.0 Å². The van der Waals surface area contributed by atoms with Gasteiger partial charge in [0, 0.05) is 10.2 Å². The van der Waals surface area contributed by atoms with Gasteiger partial charge in [0.2, 0.25) is 0 Å². The molecule has 0 fully saturated rings. The third-order valence-corrected chi connectivity index (χ3v) is 4.34. The van der Waals surface area contributed by atoms with Gasteiger partial charge >= 0.3 is 0 Å². The summed E-state index contributed by atoms with van der Waals surface area (Å²) in [7, 11) is 0. The highest BCUT2D eigenvalue weighted by atomic mass is 79.9. The van der Waals surface area contributed by atoms with Crippen LogP contribution in [0.5, 0.6) is 0 Å². The van der Waals surface area contributed by atoms with E-state index in [9.17, 15) is 5.26 Å². The summed E-state index contributed by atoms with van der Waals surface area (Å²) in [6.45, 7) is 0. The van der Waals surface area contributed by atoms with Crippen LogP contribution in [0.15, 0.2) is 53.0 Å². The Labute approximate surface area is 127 Å². The molecule has 0 heterocycles. The van der Waals surface area contributed by atoms with Crippen LogP contribution in [0.4, 0.5) is 5.69 Å². The van der Waals surface area contributed by atoms with E-state index in [4.69, 9.17) is 0 Å². The maximum absolute atomic E-state index is 9.79. The lowest BCUT2D eigenvalue weighted by Gasteiger charge is -2.35. The van der Waals surface area contributed by atoms with E-state index in [1.54, 1.807) is 0 Å². The lowest BCUT2D eigenvalue weighted by Crippen LogP contribution is -2.37. The molecule has 2 nitrogen and oxygen atoms in total. The SMILES string of the molecule is N#CC1(Nc2cccc(Br)c2)CCCc2ccccc21. The molecule has 1 unspecified atom stereocenters. The molecule has 1 aliphatic carbocycles. The van der Waals surface area contributed by atoms with Gasteiger partial charge in [-0.2, -0.15) is 5.26 Å². The Morgan fingerprint density at radius 1 is 1.15 bits per heavy atom. The minimum atomic E-state index is -0.615. The Bertz CT molecular complexity index is 675. The molecule has 100 valence electrons. The van der Waals surface area contributed by atoms with Gasteiger partial charge in [-0.15, -0.1) is 0 Å². The number of fused-ring (bicyclic) bond motifs is 1. The molecular weight excluding hydrogens is 312 g/mol. The van der Waals surface area contributed by atoms with Crippen molar-refractivity contribution >= 4 is 21.6 Å². The monoisotopic (exact) mass is 326 g/mol. The number of hydrogen-bond acceptors (Lipinski definition) is 2. The molecule has 0 saturated heterocycles. The van der Waals surface area contributed by atoms with Gasteiger partial charge in [-0.05, 0) is 48.6 Å². The first-order valence-electron chi connectivity index (χ1n) is 6.77. The number of hydrogen-bond donors (Lipinski definition) is 1. The molecule has 0 aliphatic heterocycles. The van der Waals surface area contributed by atoms with E-state index >= 15 is 0 Å². The molecule has 0 spiro atoms. The number of rotatable bonds is 2. The number of aryl methyl sites for hydroxylation is 1. The summed E-state index contributed by atoms with van der Waals surface area (Å²) >= 11 is 3.48. The zero-order valence-electron chi connectivity index (χ0n) is 11.1. The summed E-state index contributed by atoms with van der Waals surface area (Å²) in [5, 5.41) is 13.2. The fourth-order valence-electron chi connectivity index (χ4n) is 2.92. The number of anilines is 1. The molecule has 0 bridgehead atoms. The van der Waals surface area contributed by atoms with Gasteiger partial charge in [-0.1, -0.05) is 46.3 Å². The van der Waals surface area contributed by atoms with Crippen LogP contribution in [0.3, 0.4) is 0 Å². The fraction of sp³-hybridized carbons (Fsp3) is 0.235. The predicted molar refractivity (Wildman–Crippen MR) is 84.4 cm³/mol. The van der Waals surface area contributed by atoms with Crippen LogP contribution in [0.1, 0.15) is 24.0 Å². The van der Waals surface area contributed by atoms with Gasteiger partial charge in [0.25, 0.3) is 0 Å². The zero-order valence-corrected chi connectivity index (χ0v) is 12.7. The van der Waals surface area contributed by atoms with E-state index in [-0.39, 0.29) is 0 Å².